The molecule has 0 atom stereocenters. The van der Waals surface area contributed by atoms with Crippen molar-refractivity contribution in [3.63, 3.8) is 0 Å². The molecule has 1 aromatic heterocycles. The van der Waals surface area contributed by atoms with Crippen molar-refractivity contribution in [3.05, 3.63) is 30.5 Å². The summed E-state index contributed by atoms with van der Waals surface area (Å²) in [5, 5.41) is 17.1. The molecule has 0 spiro atoms. The SMILES string of the molecule is CCOc1ccc(-c2cn(C3CN(C(=O)CO)C3)nn2)cc1. The van der Waals surface area contributed by atoms with Gasteiger partial charge in [-0.3, -0.25) is 4.79 Å². The van der Waals surface area contributed by atoms with Crippen molar-refractivity contribution in [1.29, 1.82) is 0 Å². The molecule has 0 radical (unpaired) electrons. The molecule has 7 heteroatoms. The van der Waals surface area contributed by atoms with Gasteiger partial charge in [-0.25, -0.2) is 4.68 Å². The van der Waals surface area contributed by atoms with Crippen molar-refractivity contribution in [1.82, 2.24) is 19.9 Å². The summed E-state index contributed by atoms with van der Waals surface area (Å²) in [5.41, 5.74) is 1.76. The molecule has 3 rings (SSSR count). The highest BCUT2D eigenvalue weighted by molar-refractivity contribution is 5.78. The quantitative estimate of drug-likeness (QED) is 0.880. The van der Waals surface area contributed by atoms with Crippen molar-refractivity contribution in [2.45, 2.75) is 13.0 Å². The predicted octanol–water partition coefficient (Wildman–Crippen LogP) is 0.719. The van der Waals surface area contributed by atoms with Gasteiger partial charge in [-0.1, -0.05) is 5.21 Å². The lowest BCUT2D eigenvalue weighted by Crippen LogP contribution is -2.51. The van der Waals surface area contributed by atoms with Gasteiger partial charge < -0.3 is 14.7 Å². The highest BCUT2D eigenvalue weighted by Crippen LogP contribution is 2.24. The van der Waals surface area contributed by atoms with Crippen LogP contribution in [0, 0.1) is 0 Å². The first-order valence-electron chi connectivity index (χ1n) is 7.25. The molecule has 0 aliphatic carbocycles. The zero-order valence-corrected chi connectivity index (χ0v) is 12.3. The third-order valence-electron chi connectivity index (χ3n) is 3.70. The van der Waals surface area contributed by atoms with Crippen LogP contribution >= 0.6 is 0 Å². The minimum Gasteiger partial charge on any atom is -0.494 e. The summed E-state index contributed by atoms with van der Waals surface area (Å²) in [7, 11) is 0. The number of likely N-dealkylation sites (tertiary alicyclic amines) is 1. The van der Waals surface area contributed by atoms with Gasteiger partial charge in [0.1, 0.15) is 18.1 Å². The van der Waals surface area contributed by atoms with Crippen LogP contribution < -0.4 is 4.74 Å². The molecule has 22 heavy (non-hydrogen) atoms. The Morgan fingerprint density at radius 3 is 2.73 bits per heavy atom. The van der Waals surface area contributed by atoms with Gasteiger partial charge in [0.15, 0.2) is 0 Å². The van der Waals surface area contributed by atoms with Crippen molar-refractivity contribution in [2.75, 3.05) is 26.3 Å². The fourth-order valence-corrected chi connectivity index (χ4v) is 2.40. The Morgan fingerprint density at radius 2 is 2.09 bits per heavy atom. The first-order valence-corrected chi connectivity index (χ1v) is 7.25. The number of nitrogens with zero attached hydrogens (tertiary/aromatic N) is 4. The minimum atomic E-state index is -0.443. The molecule has 2 aromatic rings. The Morgan fingerprint density at radius 1 is 1.36 bits per heavy atom. The Bertz CT molecular complexity index is 647. The van der Waals surface area contributed by atoms with Crippen molar-refractivity contribution < 1.29 is 14.6 Å². The van der Waals surface area contributed by atoms with Crippen LogP contribution in [0.15, 0.2) is 30.5 Å². The summed E-state index contributed by atoms with van der Waals surface area (Å²) in [4.78, 5) is 12.9. The lowest BCUT2D eigenvalue weighted by Gasteiger charge is -2.38. The second kappa shape index (κ2) is 6.15. The van der Waals surface area contributed by atoms with E-state index < -0.39 is 6.61 Å². The van der Waals surface area contributed by atoms with E-state index in [2.05, 4.69) is 10.3 Å². The van der Waals surface area contributed by atoms with Gasteiger partial charge in [-0.15, -0.1) is 5.10 Å². The third kappa shape index (κ3) is 2.80. The first-order chi connectivity index (χ1) is 10.7. The normalized spacial score (nSPS) is 14.7. The molecule has 7 nitrogen and oxygen atoms in total. The standard InChI is InChI=1S/C15H18N4O3/c1-2-22-13-5-3-11(4-6-13)14-9-19(17-16-14)12-7-18(8-12)15(21)10-20/h3-6,9,12,20H,2,7-8,10H2,1H3. The summed E-state index contributed by atoms with van der Waals surface area (Å²) in [6.07, 6.45) is 1.88. The number of hydrogen-bond donors (Lipinski definition) is 1. The average molecular weight is 302 g/mol. The monoisotopic (exact) mass is 302 g/mol. The van der Waals surface area contributed by atoms with Crippen molar-refractivity contribution >= 4 is 5.91 Å². The number of rotatable bonds is 5. The van der Waals surface area contributed by atoms with Crippen LogP contribution in [0.4, 0.5) is 0 Å². The molecule has 1 aliphatic heterocycles. The van der Waals surface area contributed by atoms with E-state index in [1.54, 1.807) is 9.58 Å². The second-order valence-electron chi connectivity index (χ2n) is 5.15. The van der Waals surface area contributed by atoms with Crippen LogP contribution in [-0.2, 0) is 4.79 Å². The van der Waals surface area contributed by atoms with Gasteiger partial charge in [0.05, 0.1) is 18.8 Å². The Hall–Kier alpha value is -2.41. The number of carbonyl (C=O) groups excluding carboxylic acids is 1. The van der Waals surface area contributed by atoms with Crippen molar-refractivity contribution in [3.8, 4) is 17.0 Å². The zero-order chi connectivity index (χ0) is 15.5. The van der Waals surface area contributed by atoms with Gasteiger partial charge in [0, 0.05) is 18.7 Å². The fraction of sp³-hybridized carbons (Fsp3) is 0.400. The van der Waals surface area contributed by atoms with Crippen LogP contribution in [0.5, 0.6) is 5.75 Å². The molecule has 1 aromatic carbocycles. The lowest BCUT2D eigenvalue weighted by atomic mass is 10.1. The topological polar surface area (TPSA) is 80.5 Å². The highest BCUT2D eigenvalue weighted by Gasteiger charge is 2.32. The minimum absolute atomic E-state index is 0.124. The maximum atomic E-state index is 11.3. The van der Waals surface area contributed by atoms with E-state index in [-0.39, 0.29) is 11.9 Å². The maximum Gasteiger partial charge on any atom is 0.248 e. The van der Waals surface area contributed by atoms with Gasteiger partial charge in [-0.05, 0) is 31.2 Å². The van der Waals surface area contributed by atoms with Crippen molar-refractivity contribution in [2.24, 2.45) is 0 Å². The third-order valence-corrected chi connectivity index (χ3v) is 3.70. The van der Waals surface area contributed by atoms with Crippen LogP contribution in [0.1, 0.15) is 13.0 Å². The van der Waals surface area contributed by atoms with E-state index in [4.69, 9.17) is 9.84 Å². The summed E-state index contributed by atoms with van der Waals surface area (Å²) >= 11 is 0. The van der Waals surface area contributed by atoms with E-state index in [1.165, 1.54) is 0 Å². The number of aromatic nitrogens is 3. The molecule has 1 saturated heterocycles. The van der Waals surface area contributed by atoms with Crippen LogP contribution in [-0.4, -0.2) is 57.2 Å². The van der Waals surface area contributed by atoms with Crippen LogP contribution in [0.3, 0.4) is 0 Å². The molecule has 1 amide bonds. The van der Waals surface area contributed by atoms with Crippen LogP contribution in [0.25, 0.3) is 11.3 Å². The molecular formula is C15H18N4O3. The number of aliphatic hydroxyl groups excluding tert-OH is 1. The van der Waals surface area contributed by atoms with Gasteiger partial charge in [0.25, 0.3) is 0 Å². The molecule has 1 N–H and O–H groups in total. The number of carbonyl (C=O) groups is 1. The van der Waals surface area contributed by atoms with E-state index in [0.29, 0.717) is 19.7 Å². The number of amides is 1. The van der Waals surface area contributed by atoms with Gasteiger partial charge in [-0.2, -0.15) is 0 Å². The number of benzene rings is 1. The largest absolute Gasteiger partial charge is 0.494 e. The number of aliphatic hydroxyl groups is 1. The van der Waals surface area contributed by atoms with E-state index in [0.717, 1.165) is 17.0 Å². The fourth-order valence-electron chi connectivity index (χ4n) is 2.40. The summed E-state index contributed by atoms with van der Waals surface area (Å²) in [6.45, 7) is 3.27. The summed E-state index contributed by atoms with van der Waals surface area (Å²) in [5.74, 6) is 0.582. The molecule has 0 bridgehead atoms. The van der Waals surface area contributed by atoms with Crippen LogP contribution in [0.2, 0.25) is 0 Å². The predicted molar refractivity (Wildman–Crippen MR) is 79.3 cm³/mol. The zero-order valence-electron chi connectivity index (χ0n) is 12.3. The van der Waals surface area contributed by atoms with E-state index >= 15 is 0 Å². The average Bonchev–Trinajstić information content (AvgIpc) is 2.96. The maximum absolute atomic E-state index is 11.3. The first kappa shape index (κ1) is 14.5. The highest BCUT2D eigenvalue weighted by atomic mass is 16.5. The van der Waals surface area contributed by atoms with Gasteiger partial charge in [0.2, 0.25) is 5.91 Å². The molecule has 0 unspecified atom stereocenters. The Kier molecular flexibility index (Phi) is 4.06. The number of hydrogen-bond acceptors (Lipinski definition) is 5. The molecule has 2 heterocycles. The molecular weight excluding hydrogens is 284 g/mol. The summed E-state index contributed by atoms with van der Waals surface area (Å²) in [6, 6.07) is 7.83. The molecule has 116 valence electrons. The number of ether oxygens (including phenoxy) is 1. The summed E-state index contributed by atoms with van der Waals surface area (Å²) < 4.78 is 7.18. The molecule has 1 fully saturated rings. The Balaban J connectivity index is 1.65. The van der Waals surface area contributed by atoms with Gasteiger partial charge >= 0.3 is 0 Å². The van der Waals surface area contributed by atoms with E-state index in [9.17, 15) is 4.79 Å². The Labute approximate surface area is 128 Å². The smallest absolute Gasteiger partial charge is 0.248 e. The van der Waals surface area contributed by atoms with E-state index in [1.807, 2.05) is 37.4 Å². The lowest BCUT2D eigenvalue weighted by molar-refractivity contribution is -0.140. The molecule has 1 aliphatic rings. The molecule has 0 saturated carbocycles. The second-order valence-corrected chi connectivity index (χ2v) is 5.15.